The van der Waals surface area contributed by atoms with Crippen LogP contribution in [-0.2, 0) is 9.84 Å². The molecule has 2 atom stereocenters. The molecule has 2 fully saturated rings. The summed E-state index contributed by atoms with van der Waals surface area (Å²) in [4.78, 5) is 5.26. The van der Waals surface area contributed by atoms with Crippen LogP contribution >= 0.6 is 12.2 Å². The Bertz CT molecular complexity index is 445. The number of sulfone groups is 1. The third kappa shape index (κ3) is 3.90. The summed E-state index contributed by atoms with van der Waals surface area (Å²) in [5, 5.41) is 0. The van der Waals surface area contributed by atoms with Crippen molar-refractivity contribution in [2.75, 3.05) is 37.7 Å². The second kappa shape index (κ2) is 6.68. The normalized spacial score (nSPS) is 29.4. The molecular weight excluding hydrogens is 294 g/mol. The molecule has 0 spiro atoms. The number of nitrogens with two attached hydrogens (primary N) is 1. The Morgan fingerprint density at radius 2 is 2.00 bits per heavy atom. The molecule has 2 N–H and O–H groups in total. The fourth-order valence-corrected chi connectivity index (χ4v) is 5.28. The van der Waals surface area contributed by atoms with Gasteiger partial charge >= 0.3 is 0 Å². The van der Waals surface area contributed by atoms with E-state index in [0.717, 1.165) is 45.4 Å². The molecule has 2 aliphatic rings. The summed E-state index contributed by atoms with van der Waals surface area (Å²) in [7, 11) is -2.79. The van der Waals surface area contributed by atoms with E-state index >= 15 is 0 Å². The first-order valence-corrected chi connectivity index (χ1v) is 9.63. The van der Waals surface area contributed by atoms with Crippen LogP contribution in [0, 0.1) is 0 Å². The molecule has 0 radical (unpaired) electrons. The summed E-state index contributed by atoms with van der Waals surface area (Å²) in [6.07, 6.45) is 2.87. The molecule has 0 aromatic rings. The number of piperazine rings is 1. The zero-order valence-electron chi connectivity index (χ0n) is 12.1. The topological polar surface area (TPSA) is 66.6 Å². The van der Waals surface area contributed by atoms with E-state index in [2.05, 4.69) is 16.7 Å². The van der Waals surface area contributed by atoms with Gasteiger partial charge in [-0.15, -0.1) is 0 Å². The molecule has 2 rings (SSSR count). The van der Waals surface area contributed by atoms with Gasteiger partial charge in [-0.2, -0.15) is 0 Å². The van der Waals surface area contributed by atoms with Crippen LogP contribution in [-0.4, -0.2) is 73.0 Å². The molecule has 0 aliphatic carbocycles. The maximum atomic E-state index is 11.6. The van der Waals surface area contributed by atoms with E-state index in [1.807, 2.05) is 0 Å². The van der Waals surface area contributed by atoms with E-state index in [-0.39, 0.29) is 12.1 Å². The Morgan fingerprint density at radius 3 is 2.45 bits per heavy atom. The van der Waals surface area contributed by atoms with Crippen LogP contribution in [0.15, 0.2) is 0 Å². The zero-order chi connectivity index (χ0) is 14.8. The van der Waals surface area contributed by atoms with Crippen LogP contribution in [0.3, 0.4) is 0 Å². The van der Waals surface area contributed by atoms with Gasteiger partial charge in [-0.3, -0.25) is 9.80 Å². The zero-order valence-corrected chi connectivity index (χ0v) is 13.8. The smallest absolute Gasteiger partial charge is 0.151 e. The van der Waals surface area contributed by atoms with Crippen molar-refractivity contribution in [3.05, 3.63) is 0 Å². The molecule has 2 heterocycles. The first-order valence-electron chi connectivity index (χ1n) is 7.41. The Morgan fingerprint density at radius 1 is 1.35 bits per heavy atom. The van der Waals surface area contributed by atoms with Crippen molar-refractivity contribution in [1.29, 1.82) is 0 Å². The Kier molecular flexibility index (Phi) is 5.39. The highest BCUT2D eigenvalue weighted by Crippen LogP contribution is 2.20. The number of nitrogens with zero attached hydrogens (tertiary/aromatic N) is 2. The molecule has 2 unspecified atom stereocenters. The van der Waals surface area contributed by atoms with Crippen molar-refractivity contribution in [2.24, 2.45) is 5.73 Å². The van der Waals surface area contributed by atoms with Crippen LogP contribution in [0.25, 0.3) is 0 Å². The summed E-state index contributed by atoms with van der Waals surface area (Å²) >= 11 is 5.17. The van der Waals surface area contributed by atoms with Crippen LogP contribution in [0.4, 0.5) is 0 Å². The van der Waals surface area contributed by atoms with Gasteiger partial charge in [0, 0.05) is 32.2 Å². The first kappa shape index (κ1) is 16.1. The summed E-state index contributed by atoms with van der Waals surface area (Å²) < 4.78 is 23.1. The number of hydrogen-bond acceptors (Lipinski definition) is 5. The molecule has 116 valence electrons. The summed E-state index contributed by atoms with van der Waals surface area (Å²) in [6.45, 7) is 5.84. The third-order valence-corrected chi connectivity index (χ3v) is 6.43. The maximum absolute atomic E-state index is 11.6. The average molecular weight is 319 g/mol. The van der Waals surface area contributed by atoms with E-state index in [0.29, 0.717) is 16.5 Å². The van der Waals surface area contributed by atoms with Crippen molar-refractivity contribution in [3.63, 3.8) is 0 Å². The van der Waals surface area contributed by atoms with Gasteiger partial charge in [0.2, 0.25) is 0 Å². The van der Waals surface area contributed by atoms with Crippen LogP contribution in [0.5, 0.6) is 0 Å². The van der Waals surface area contributed by atoms with Gasteiger partial charge in [0.15, 0.2) is 9.84 Å². The fraction of sp³-hybridized carbons (Fsp3) is 0.923. The van der Waals surface area contributed by atoms with E-state index in [1.54, 1.807) is 0 Å². The third-order valence-electron chi connectivity index (χ3n) is 4.40. The molecule has 5 nitrogen and oxygen atoms in total. The second-order valence-electron chi connectivity index (χ2n) is 5.84. The lowest BCUT2D eigenvalue weighted by atomic mass is 10.1. The Balaban J connectivity index is 1.87. The molecule has 2 aliphatic heterocycles. The molecule has 2 saturated heterocycles. The van der Waals surface area contributed by atoms with Crippen LogP contribution in [0.1, 0.15) is 26.2 Å². The SMILES string of the molecule is CCCC(C(N)=S)N1CCN(C2CCS(=O)(=O)C2)CC1. The molecule has 7 heteroatoms. The highest BCUT2D eigenvalue weighted by Gasteiger charge is 2.34. The minimum absolute atomic E-state index is 0.199. The van der Waals surface area contributed by atoms with E-state index in [1.165, 1.54) is 0 Å². The largest absolute Gasteiger partial charge is 0.392 e. The van der Waals surface area contributed by atoms with Gasteiger partial charge in [-0.25, -0.2) is 8.42 Å². The van der Waals surface area contributed by atoms with Gasteiger partial charge in [0.25, 0.3) is 0 Å². The van der Waals surface area contributed by atoms with Crippen molar-refractivity contribution < 1.29 is 8.42 Å². The van der Waals surface area contributed by atoms with Crippen molar-refractivity contribution in [1.82, 2.24) is 9.80 Å². The molecule has 20 heavy (non-hydrogen) atoms. The van der Waals surface area contributed by atoms with E-state index in [9.17, 15) is 8.42 Å². The summed E-state index contributed by atoms with van der Waals surface area (Å²) in [5.74, 6) is 0.684. The molecule has 0 aromatic carbocycles. The predicted octanol–water partition coefficient (Wildman–Crippen LogP) is 0.246. The lowest BCUT2D eigenvalue weighted by molar-refractivity contribution is 0.0905. The molecule has 0 saturated carbocycles. The minimum Gasteiger partial charge on any atom is -0.392 e. The average Bonchev–Trinajstić information content (AvgIpc) is 2.76. The van der Waals surface area contributed by atoms with Crippen molar-refractivity contribution >= 4 is 27.0 Å². The summed E-state index contributed by atoms with van der Waals surface area (Å²) in [5.41, 5.74) is 5.84. The monoisotopic (exact) mass is 319 g/mol. The first-order chi connectivity index (χ1) is 9.43. The van der Waals surface area contributed by atoms with Gasteiger partial charge in [-0.1, -0.05) is 25.6 Å². The molecule has 0 amide bonds. The van der Waals surface area contributed by atoms with Gasteiger partial charge in [0.05, 0.1) is 22.5 Å². The Hall–Kier alpha value is -0.240. The van der Waals surface area contributed by atoms with Crippen molar-refractivity contribution in [3.8, 4) is 0 Å². The van der Waals surface area contributed by atoms with E-state index in [4.69, 9.17) is 18.0 Å². The quantitative estimate of drug-likeness (QED) is 0.733. The molecule has 0 aromatic heterocycles. The lowest BCUT2D eigenvalue weighted by Gasteiger charge is -2.41. The van der Waals surface area contributed by atoms with Crippen molar-refractivity contribution in [2.45, 2.75) is 38.3 Å². The van der Waals surface area contributed by atoms with E-state index < -0.39 is 9.84 Å². The highest BCUT2D eigenvalue weighted by atomic mass is 32.2. The molecular formula is C13H25N3O2S2. The summed E-state index contributed by atoms with van der Waals surface area (Å²) in [6, 6.07) is 0.418. The van der Waals surface area contributed by atoms with Crippen LogP contribution in [0.2, 0.25) is 0 Å². The standard InChI is InChI=1S/C13H25N3O2S2/c1-2-3-12(13(14)19)16-7-5-15(6-8-16)11-4-9-20(17,18)10-11/h11-12H,2-10H2,1H3,(H2,14,19). The number of rotatable bonds is 5. The minimum atomic E-state index is -2.79. The number of thiocarbonyl (C=S) groups is 1. The second-order valence-corrected chi connectivity index (χ2v) is 8.54. The number of hydrogen-bond donors (Lipinski definition) is 1. The van der Waals surface area contributed by atoms with Crippen LogP contribution < -0.4 is 5.73 Å². The molecule has 0 bridgehead atoms. The lowest BCUT2D eigenvalue weighted by Crippen LogP contribution is -2.55. The maximum Gasteiger partial charge on any atom is 0.151 e. The van der Waals surface area contributed by atoms with Gasteiger partial charge in [-0.05, 0) is 12.8 Å². The van der Waals surface area contributed by atoms with Gasteiger partial charge < -0.3 is 5.73 Å². The van der Waals surface area contributed by atoms with Gasteiger partial charge in [0.1, 0.15) is 0 Å². The fourth-order valence-electron chi connectivity index (χ4n) is 3.26. The highest BCUT2D eigenvalue weighted by molar-refractivity contribution is 7.91. The Labute approximate surface area is 127 Å². The predicted molar refractivity (Wildman–Crippen MR) is 85.7 cm³/mol.